The predicted molar refractivity (Wildman–Crippen MR) is 137 cm³/mol. The highest BCUT2D eigenvalue weighted by atomic mass is 19.4. The fourth-order valence-electron chi connectivity index (χ4n) is 4.76. The third kappa shape index (κ3) is 4.59. The van der Waals surface area contributed by atoms with E-state index >= 15 is 0 Å². The van der Waals surface area contributed by atoms with Crippen molar-refractivity contribution >= 4 is 11.0 Å². The minimum atomic E-state index is -4.49. The van der Waals surface area contributed by atoms with Gasteiger partial charge < -0.3 is 9.30 Å². The van der Waals surface area contributed by atoms with Gasteiger partial charge in [-0.15, -0.1) is 0 Å². The van der Waals surface area contributed by atoms with Gasteiger partial charge in [0, 0.05) is 37.7 Å². The summed E-state index contributed by atoms with van der Waals surface area (Å²) < 4.78 is 48.4. The molecule has 0 atom stereocenters. The molecule has 0 radical (unpaired) electrons. The summed E-state index contributed by atoms with van der Waals surface area (Å²) >= 11 is 0. The van der Waals surface area contributed by atoms with Crippen LogP contribution < -0.4 is 4.74 Å². The van der Waals surface area contributed by atoms with E-state index in [1.807, 2.05) is 19.2 Å². The van der Waals surface area contributed by atoms with Crippen molar-refractivity contribution in [2.24, 2.45) is 7.05 Å². The van der Waals surface area contributed by atoms with E-state index < -0.39 is 11.9 Å². The molecule has 0 unspecified atom stereocenters. The molecule has 5 aromatic rings. The molecule has 9 nitrogen and oxygen atoms in total. The van der Waals surface area contributed by atoms with Crippen LogP contribution in [0, 0.1) is 0 Å². The minimum absolute atomic E-state index is 0.283. The van der Waals surface area contributed by atoms with Crippen LogP contribution in [0.25, 0.3) is 33.8 Å². The van der Waals surface area contributed by atoms with Crippen LogP contribution in [0.1, 0.15) is 48.3 Å². The molecule has 0 N–H and O–H groups in total. The van der Waals surface area contributed by atoms with Gasteiger partial charge in [0.15, 0.2) is 11.5 Å². The molecule has 4 heterocycles. The van der Waals surface area contributed by atoms with Crippen LogP contribution in [0.3, 0.4) is 0 Å². The van der Waals surface area contributed by atoms with E-state index in [2.05, 4.69) is 25.0 Å². The van der Waals surface area contributed by atoms with Crippen molar-refractivity contribution in [1.82, 2.24) is 39.3 Å². The number of aromatic nitrogens is 8. The summed E-state index contributed by atoms with van der Waals surface area (Å²) in [5.74, 6) is 1.55. The maximum Gasteiger partial charge on any atom is 0.434 e. The van der Waals surface area contributed by atoms with Crippen molar-refractivity contribution < 1.29 is 17.9 Å². The van der Waals surface area contributed by atoms with Crippen LogP contribution in [0.5, 0.6) is 5.88 Å². The molecule has 1 aliphatic rings. The number of imidazole rings is 1. The topological polar surface area (TPSA) is 96.4 Å². The first-order valence-electron chi connectivity index (χ1n) is 12.6. The van der Waals surface area contributed by atoms with Crippen molar-refractivity contribution in [3.05, 3.63) is 65.6 Å². The monoisotopic (exact) mass is 534 g/mol. The number of nitrogens with zero attached hydrogens (tertiary/aromatic N) is 8. The molecular weight excluding hydrogens is 509 g/mol. The summed E-state index contributed by atoms with van der Waals surface area (Å²) in [5.41, 5.74) is 4.49. The smallest absolute Gasteiger partial charge is 0.434 e. The highest BCUT2D eigenvalue weighted by Gasteiger charge is 2.35. The third-order valence-corrected chi connectivity index (χ3v) is 6.91. The summed E-state index contributed by atoms with van der Waals surface area (Å²) in [7, 11) is 3.42. The van der Waals surface area contributed by atoms with Gasteiger partial charge in [-0.05, 0) is 25.3 Å². The van der Waals surface area contributed by atoms with E-state index in [4.69, 9.17) is 9.72 Å². The predicted octanol–water partition coefficient (Wildman–Crippen LogP) is 5.20. The zero-order chi connectivity index (χ0) is 27.3. The van der Waals surface area contributed by atoms with Gasteiger partial charge in [-0.1, -0.05) is 24.3 Å². The zero-order valence-corrected chi connectivity index (χ0v) is 21.6. The van der Waals surface area contributed by atoms with Gasteiger partial charge in [-0.2, -0.15) is 18.3 Å². The largest absolute Gasteiger partial charge is 0.480 e. The lowest BCUT2D eigenvalue weighted by atomic mass is 10.1. The molecule has 0 saturated heterocycles. The number of hydrogen-bond acceptors (Lipinski definition) is 7. The van der Waals surface area contributed by atoms with Gasteiger partial charge in [0.25, 0.3) is 0 Å². The Morgan fingerprint density at radius 2 is 1.82 bits per heavy atom. The molecule has 200 valence electrons. The Morgan fingerprint density at radius 3 is 2.49 bits per heavy atom. The van der Waals surface area contributed by atoms with Gasteiger partial charge in [-0.3, -0.25) is 4.68 Å². The van der Waals surface area contributed by atoms with Crippen LogP contribution in [0.15, 0.2) is 43.0 Å². The average Bonchev–Trinajstić information content (AvgIpc) is 3.60. The van der Waals surface area contributed by atoms with Gasteiger partial charge in [-0.25, -0.2) is 24.9 Å². The minimum Gasteiger partial charge on any atom is -0.480 e. The molecule has 12 heteroatoms. The number of ether oxygens (including phenoxy) is 1. The number of aryl methyl sites for hydroxylation is 2. The van der Waals surface area contributed by atoms with Crippen LogP contribution in [0.4, 0.5) is 13.2 Å². The Bertz CT molecular complexity index is 1670. The van der Waals surface area contributed by atoms with E-state index in [1.165, 1.54) is 10.9 Å². The van der Waals surface area contributed by atoms with Gasteiger partial charge >= 0.3 is 6.18 Å². The maximum atomic E-state index is 13.2. The molecule has 4 aromatic heterocycles. The van der Waals surface area contributed by atoms with Crippen LogP contribution >= 0.6 is 0 Å². The van der Waals surface area contributed by atoms with E-state index in [9.17, 15) is 13.2 Å². The van der Waals surface area contributed by atoms with E-state index in [0.29, 0.717) is 52.7 Å². The SMILES string of the molecule is CCn1cc(C(F)(F)F)nc1-c1ccc(Cc2c3nc(-c4c(OC)ncnc4C4CC4)ncc3nn2C)cc1. The van der Waals surface area contributed by atoms with Gasteiger partial charge in [0.1, 0.15) is 28.7 Å². The number of alkyl halides is 3. The maximum absolute atomic E-state index is 13.2. The van der Waals surface area contributed by atoms with E-state index in [-0.39, 0.29) is 5.82 Å². The number of fused-ring (bicyclic) bond motifs is 1. The van der Waals surface area contributed by atoms with Crippen molar-refractivity contribution in [2.45, 2.75) is 44.8 Å². The van der Waals surface area contributed by atoms with Gasteiger partial charge in [0.05, 0.1) is 24.7 Å². The Morgan fingerprint density at radius 1 is 1.05 bits per heavy atom. The fraction of sp³-hybridized carbons (Fsp3) is 0.333. The summed E-state index contributed by atoms with van der Waals surface area (Å²) in [6.45, 7) is 2.16. The lowest BCUT2D eigenvalue weighted by molar-refractivity contribution is -0.140. The van der Waals surface area contributed by atoms with Crippen molar-refractivity contribution in [1.29, 1.82) is 0 Å². The highest BCUT2D eigenvalue weighted by Crippen LogP contribution is 2.45. The summed E-state index contributed by atoms with van der Waals surface area (Å²) in [6, 6.07) is 7.35. The molecular formula is C27H25F3N8O. The molecule has 1 aromatic carbocycles. The first kappa shape index (κ1) is 25.0. The molecule has 1 saturated carbocycles. The van der Waals surface area contributed by atoms with Crippen LogP contribution in [-0.2, 0) is 26.2 Å². The molecule has 39 heavy (non-hydrogen) atoms. The van der Waals surface area contributed by atoms with E-state index in [1.54, 1.807) is 37.0 Å². The third-order valence-electron chi connectivity index (χ3n) is 6.91. The van der Waals surface area contributed by atoms with Crippen molar-refractivity contribution in [2.75, 3.05) is 7.11 Å². The number of halogens is 3. The Balaban J connectivity index is 1.34. The summed E-state index contributed by atoms with van der Waals surface area (Å²) in [5, 5.41) is 4.58. The Hall–Kier alpha value is -4.35. The van der Waals surface area contributed by atoms with Crippen LogP contribution in [-0.4, -0.2) is 46.4 Å². The normalized spacial score (nSPS) is 13.8. The lowest BCUT2D eigenvalue weighted by Gasteiger charge is -2.10. The summed E-state index contributed by atoms with van der Waals surface area (Å²) in [6.07, 6.45) is 2.37. The van der Waals surface area contributed by atoms with Gasteiger partial charge in [0.2, 0.25) is 5.88 Å². The average molecular weight is 535 g/mol. The Kier molecular flexibility index (Phi) is 6.04. The fourth-order valence-corrected chi connectivity index (χ4v) is 4.76. The van der Waals surface area contributed by atoms with Crippen molar-refractivity contribution in [3.63, 3.8) is 0 Å². The number of methoxy groups -OCH3 is 1. The van der Waals surface area contributed by atoms with Crippen LogP contribution in [0.2, 0.25) is 0 Å². The molecule has 0 amide bonds. The molecule has 0 aliphatic heterocycles. The second kappa shape index (κ2) is 9.44. The standard InChI is InChI=1S/C27H25F3N8O/c1-4-38-13-20(27(28,29)30)34-25(38)17-7-5-15(6-8-17)11-19-23-18(36-37(19)2)12-31-24(35-23)21-22(16-9-10-16)32-14-33-26(21)39-3/h5-8,12-14,16H,4,9-11H2,1-3H3. The molecule has 0 bridgehead atoms. The number of rotatable bonds is 7. The first-order valence-corrected chi connectivity index (χ1v) is 12.6. The van der Waals surface area contributed by atoms with E-state index in [0.717, 1.165) is 36.0 Å². The summed E-state index contributed by atoms with van der Waals surface area (Å²) in [4.78, 5) is 22.1. The number of benzene rings is 1. The number of hydrogen-bond donors (Lipinski definition) is 0. The quantitative estimate of drug-likeness (QED) is 0.283. The Labute approximate surface area is 221 Å². The second-order valence-corrected chi connectivity index (χ2v) is 9.52. The first-order chi connectivity index (χ1) is 18.8. The zero-order valence-electron chi connectivity index (χ0n) is 21.6. The molecule has 1 aliphatic carbocycles. The molecule has 1 fully saturated rings. The highest BCUT2D eigenvalue weighted by molar-refractivity contribution is 5.80. The van der Waals surface area contributed by atoms with Crippen molar-refractivity contribution in [3.8, 4) is 28.7 Å². The molecule has 6 rings (SSSR count). The molecule has 0 spiro atoms. The lowest BCUT2D eigenvalue weighted by Crippen LogP contribution is -2.05. The second-order valence-electron chi connectivity index (χ2n) is 9.52.